The monoisotopic (exact) mass is 162 g/mol. The zero-order valence-corrected chi connectivity index (χ0v) is 8.39. The molecule has 0 fully saturated rings. The highest BCUT2D eigenvalue weighted by molar-refractivity contribution is 7.37. The first-order chi connectivity index (χ1) is 4.63. The lowest BCUT2D eigenvalue weighted by Crippen LogP contribution is -2.22. The van der Waals surface area contributed by atoms with Gasteiger partial charge in [-0.2, -0.15) is 0 Å². The Morgan fingerprint density at radius 3 is 1.90 bits per heavy atom. The molecule has 10 heavy (non-hydrogen) atoms. The van der Waals surface area contributed by atoms with Crippen LogP contribution in [0.1, 0.15) is 20.8 Å². The van der Waals surface area contributed by atoms with Crippen molar-refractivity contribution >= 4 is 8.58 Å². The third-order valence-electron chi connectivity index (χ3n) is 2.16. The van der Waals surface area contributed by atoms with Gasteiger partial charge in [-0.05, 0) is 24.2 Å². The Labute approximate surface area is 66.0 Å². The highest BCUT2D eigenvalue weighted by Crippen LogP contribution is 2.26. The van der Waals surface area contributed by atoms with Gasteiger partial charge in [-0.15, -0.1) is 8.58 Å². The third-order valence-corrected chi connectivity index (χ3v) is 3.50. The van der Waals surface area contributed by atoms with Crippen LogP contribution in [-0.4, -0.2) is 24.0 Å². The SMILES string of the molecule is CPC(C)C(CO)C(C)C. The second-order valence-electron chi connectivity index (χ2n) is 3.17. The minimum Gasteiger partial charge on any atom is -0.396 e. The van der Waals surface area contributed by atoms with Crippen LogP contribution in [0.3, 0.4) is 0 Å². The molecule has 1 nitrogen and oxygen atoms in total. The lowest BCUT2D eigenvalue weighted by atomic mass is 9.94. The number of hydrogen-bond acceptors (Lipinski definition) is 1. The Bertz CT molecular complexity index is 83.3. The standard InChI is InChI=1S/C8H19OP/c1-6(2)8(5-9)7(3)10-4/h6-10H,5H2,1-4H3. The van der Waals surface area contributed by atoms with E-state index < -0.39 is 0 Å². The molecule has 0 aliphatic heterocycles. The first kappa shape index (κ1) is 10.4. The van der Waals surface area contributed by atoms with Gasteiger partial charge in [-0.3, -0.25) is 0 Å². The molecule has 0 aliphatic rings. The topological polar surface area (TPSA) is 20.2 Å². The summed E-state index contributed by atoms with van der Waals surface area (Å²) >= 11 is 0. The van der Waals surface area contributed by atoms with E-state index in [1.807, 2.05) is 0 Å². The molecular formula is C8H19OP. The van der Waals surface area contributed by atoms with E-state index in [1.54, 1.807) is 0 Å². The lowest BCUT2D eigenvalue weighted by Gasteiger charge is -2.24. The van der Waals surface area contributed by atoms with Crippen LogP contribution in [0.25, 0.3) is 0 Å². The van der Waals surface area contributed by atoms with Gasteiger partial charge in [0, 0.05) is 6.61 Å². The fourth-order valence-electron chi connectivity index (χ4n) is 1.16. The normalized spacial score (nSPS) is 18.6. The zero-order valence-electron chi connectivity index (χ0n) is 7.39. The third kappa shape index (κ3) is 2.98. The van der Waals surface area contributed by atoms with Crippen LogP contribution in [0.5, 0.6) is 0 Å². The van der Waals surface area contributed by atoms with Crippen molar-refractivity contribution in [2.24, 2.45) is 11.8 Å². The van der Waals surface area contributed by atoms with Gasteiger partial charge in [0.05, 0.1) is 0 Å². The molecule has 0 aliphatic carbocycles. The van der Waals surface area contributed by atoms with Gasteiger partial charge in [0.2, 0.25) is 0 Å². The zero-order chi connectivity index (χ0) is 8.15. The average Bonchev–Trinajstić information content (AvgIpc) is 1.88. The molecule has 2 heteroatoms. The number of hydrogen-bond donors (Lipinski definition) is 1. The molecule has 3 atom stereocenters. The smallest absolute Gasteiger partial charge is 0.0467 e. The molecule has 0 amide bonds. The van der Waals surface area contributed by atoms with Gasteiger partial charge in [0.15, 0.2) is 0 Å². The van der Waals surface area contributed by atoms with Crippen molar-refractivity contribution in [1.82, 2.24) is 0 Å². The molecule has 62 valence electrons. The highest BCUT2D eigenvalue weighted by Gasteiger charge is 2.17. The summed E-state index contributed by atoms with van der Waals surface area (Å²) in [6.07, 6.45) is 0. The van der Waals surface area contributed by atoms with Gasteiger partial charge < -0.3 is 5.11 Å². The Morgan fingerprint density at radius 2 is 1.80 bits per heavy atom. The lowest BCUT2D eigenvalue weighted by molar-refractivity contribution is 0.189. The van der Waals surface area contributed by atoms with E-state index in [0.717, 1.165) is 8.58 Å². The molecule has 0 aromatic rings. The molecule has 0 heterocycles. The largest absolute Gasteiger partial charge is 0.396 e. The second kappa shape index (κ2) is 5.09. The second-order valence-corrected chi connectivity index (χ2v) is 4.66. The van der Waals surface area contributed by atoms with Crippen LogP contribution in [0.2, 0.25) is 0 Å². The summed E-state index contributed by atoms with van der Waals surface area (Å²) in [6, 6.07) is 0. The molecule has 3 unspecified atom stereocenters. The number of rotatable bonds is 4. The molecule has 1 N–H and O–H groups in total. The van der Waals surface area contributed by atoms with Gasteiger partial charge in [0.25, 0.3) is 0 Å². The summed E-state index contributed by atoms with van der Waals surface area (Å²) in [7, 11) is 0.951. The van der Waals surface area contributed by atoms with Crippen LogP contribution in [0, 0.1) is 11.8 Å². The Morgan fingerprint density at radius 1 is 1.30 bits per heavy atom. The first-order valence-corrected chi connectivity index (χ1v) is 5.49. The Balaban J connectivity index is 3.80. The predicted octanol–water partition coefficient (Wildman–Crippen LogP) is 1.95. The van der Waals surface area contributed by atoms with Crippen LogP contribution < -0.4 is 0 Å². The van der Waals surface area contributed by atoms with Crippen molar-refractivity contribution < 1.29 is 5.11 Å². The van der Waals surface area contributed by atoms with E-state index in [-0.39, 0.29) is 0 Å². The van der Waals surface area contributed by atoms with Crippen molar-refractivity contribution in [2.45, 2.75) is 26.4 Å². The maximum Gasteiger partial charge on any atom is 0.0467 e. The minimum absolute atomic E-state index is 0.347. The maximum atomic E-state index is 9.00. The van der Waals surface area contributed by atoms with Crippen LogP contribution >= 0.6 is 8.58 Å². The molecule has 0 spiro atoms. The summed E-state index contributed by atoms with van der Waals surface area (Å²) in [6.45, 7) is 9.13. The van der Waals surface area contributed by atoms with Gasteiger partial charge in [-0.1, -0.05) is 20.8 Å². The summed E-state index contributed by atoms with van der Waals surface area (Å²) < 4.78 is 0. The summed E-state index contributed by atoms with van der Waals surface area (Å²) in [5, 5.41) is 9.00. The minimum atomic E-state index is 0.347. The summed E-state index contributed by atoms with van der Waals surface area (Å²) in [5.74, 6) is 1.12. The van der Waals surface area contributed by atoms with Gasteiger partial charge >= 0.3 is 0 Å². The highest BCUT2D eigenvalue weighted by atomic mass is 31.1. The van der Waals surface area contributed by atoms with E-state index in [9.17, 15) is 0 Å². The van der Waals surface area contributed by atoms with E-state index in [1.165, 1.54) is 0 Å². The van der Waals surface area contributed by atoms with Crippen molar-refractivity contribution in [2.75, 3.05) is 13.3 Å². The quantitative estimate of drug-likeness (QED) is 0.626. The molecule has 0 saturated carbocycles. The van der Waals surface area contributed by atoms with Gasteiger partial charge in [-0.25, -0.2) is 0 Å². The maximum absolute atomic E-state index is 9.00. The van der Waals surface area contributed by atoms with E-state index in [2.05, 4.69) is 27.4 Å². The number of aliphatic hydroxyl groups is 1. The van der Waals surface area contributed by atoms with Crippen LogP contribution in [0.4, 0.5) is 0 Å². The average molecular weight is 162 g/mol. The van der Waals surface area contributed by atoms with E-state index >= 15 is 0 Å². The molecule has 0 aromatic heterocycles. The fourth-order valence-corrected chi connectivity index (χ4v) is 2.08. The number of aliphatic hydroxyl groups excluding tert-OH is 1. The molecule has 0 saturated heterocycles. The Hall–Kier alpha value is 0.390. The van der Waals surface area contributed by atoms with Crippen LogP contribution in [0.15, 0.2) is 0 Å². The predicted molar refractivity (Wildman–Crippen MR) is 49.1 cm³/mol. The summed E-state index contributed by atoms with van der Waals surface area (Å²) in [4.78, 5) is 0. The van der Waals surface area contributed by atoms with E-state index in [4.69, 9.17) is 5.11 Å². The van der Waals surface area contributed by atoms with E-state index in [0.29, 0.717) is 24.1 Å². The van der Waals surface area contributed by atoms with Crippen molar-refractivity contribution in [1.29, 1.82) is 0 Å². The molecule has 0 aromatic carbocycles. The molecule has 0 rings (SSSR count). The van der Waals surface area contributed by atoms with Crippen molar-refractivity contribution in [3.63, 3.8) is 0 Å². The summed E-state index contributed by atoms with van der Waals surface area (Å²) in [5.41, 5.74) is 0.685. The fraction of sp³-hybridized carbons (Fsp3) is 1.00. The molecule has 0 bridgehead atoms. The molecular weight excluding hydrogens is 143 g/mol. The van der Waals surface area contributed by atoms with Crippen molar-refractivity contribution in [3.05, 3.63) is 0 Å². The van der Waals surface area contributed by atoms with Gasteiger partial charge in [0.1, 0.15) is 0 Å². The molecule has 0 radical (unpaired) electrons. The Kier molecular flexibility index (Phi) is 5.29. The van der Waals surface area contributed by atoms with Crippen molar-refractivity contribution in [3.8, 4) is 0 Å². The first-order valence-electron chi connectivity index (χ1n) is 3.91. The van der Waals surface area contributed by atoms with Crippen LogP contribution in [-0.2, 0) is 0 Å².